The fourth-order valence-electron chi connectivity index (χ4n) is 1.57. The van der Waals surface area contributed by atoms with Gasteiger partial charge in [-0.1, -0.05) is 50.7 Å². The number of hydrogen-bond acceptors (Lipinski definition) is 3. The first kappa shape index (κ1) is 16.4. The lowest BCUT2D eigenvalue weighted by Crippen LogP contribution is -2.15. The van der Waals surface area contributed by atoms with Gasteiger partial charge in [0, 0.05) is 11.5 Å². The molecule has 8 heteroatoms. The molecular weight excluding hydrogens is 400 g/mol. The van der Waals surface area contributed by atoms with Crippen LogP contribution < -0.4 is 10.6 Å². The molecule has 2 aromatic rings. The van der Waals surface area contributed by atoms with Crippen molar-refractivity contribution in [1.29, 1.82) is 0 Å². The van der Waals surface area contributed by atoms with E-state index in [1.807, 2.05) is 0 Å². The molecule has 0 saturated heterocycles. The Kier molecular flexibility index (Phi) is 5.32. The van der Waals surface area contributed by atoms with Crippen molar-refractivity contribution in [2.24, 2.45) is 0 Å². The predicted molar refractivity (Wildman–Crippen MR) is 90.9 cm³/mol. The molecule has 0 aliphatic heterocycles. The fraction of sp³-hybridized carbons (Fsp3) is 0.0769. The smallest absolute Gasteiger partial charge is 0.275 e. The van der Waals surface area contributed by atoms with E-state index in [2.05, 4.69) is 31.5 Å². The Balaban J connectivity index is 2.35. The van der Waals surface area contributed by atoms with Crippen molar-refractivity contribution in [3.05, 3.63) is 49.5 Å². The second kappa shape index (κ2) is 6.83. The Hall–Kier alpha value is -1.01. The molecule has 1 amide bonds. The minimum absolute atomic E-state index is 0.0820. The highest BCUT2D eigenvalue weighted by molar-refractivity contribution is 9.10. The van der Waals surface area contributed by atoms with Gasteiger partial charge in [-0.3, -0.25) is 4.79 Å². The van der Waals surface area contributed by atoms with Crippen LogP contribution in [0.3, 0.4) is 0 Å². The predicted octanol–water partition coefficient (Wildman–Crippen LogP) is 5.10. The molecule has 0 atom stereocenters. The maximum atomic E-state index is 12.3. The number of pyridine rings is 1. The molecule has 0 fully saturated rings. The molecule has 2 N–H and O–H groups in total. The van der Waals surface area contributed by atoms with Crippen LogP contribution in [0.4, 0.5) is 11.5 Å². The number of benzene rings is 1. The van der Waals surface area contributed by atoms with Crippen LogP contribution in [0.2, 0.25) is 15.1 Å². The third-order valence-electron chi connectivity index (χ3n) is 2.56. The Morgan fingerprint density at radius 2 is 1.76 bits per heavy atom. The highest BCUT2D eigenvalue weighted by atomic mass is 79.9. The van der Waals surface area contributed by atoms with Crippen molar-refractivity contribution in [3.63, 3.8) is 0 Å². The maximum Gasteiger partial charge on any atom is 0.275 e. The molecule has 4 nitrogen and oxygen atoms in total. The lowest BCUT2D eigenvalue weighted by atomic mass is 10.3. The summed E-state index contributed by atoms with van der Waals surface area (Å²) < 4.78 is 0.712. The van der Waals surface area contributed by atoms with Crippen molar-refractivity contribution >= 4 is 68.1 Å². The van der Waals surface area contributed by atoms with Gasteiger partial charge < -0.3 is 10.6 Å². The van der Waals surface area contributed by atoms with Gasteiger partial charge in [0.1, 0.15) is 11.5 Å². The topological polar surface area (TPSA) is 54.0 Å². The minimum atomic E-state index is -0.497. The van der Waals surface area contributed by atoms with Crippen LogP contribution in [-0.2, 0) is 0 Å². The zero-order valence-corrected chi connectivity index (χ0v) is 14.5. The van der Waals surface area contributed by atoms with E-state index in [0.717, 1.165) is 0 Å². The largest absolute Gasteiger partial charge is 0.373 e. The average Bonchev–Trinajstić information content (AvgIpc) is 2.43. The van der Waals surface area contributed by atoms with Crippen molar-refractivity contribution < 1.29 is 4.79 Å². The summed E-state index contributed by atoms with van der Waals surface area (Å²) in [6.45, 7) is 0. The zero-order chi connectivity index (χ0) is 15.6. The van der Waals surface area contributed by atoms with Gasteiger partial charge in [-0.25, -0.2) is 4.98 Å². The van der Waals surface area contributed by atoms with E-state index in [9.17, 15) is 4.79 Å². The van der Waals surface area contributed by atoms with E-state index >= 15 is 0 Å². The standard InChI is InChI=1S/C13H9BrCl3N3O/c1-18-10-3-2-7(15)12(19-10)13(21)20-11-8(16)4-6(14)5-9(11)17/h2-5H,1H3,(H,18,19)(H,20,21). The lowest BCUT2D eigenvalue weighted by molar-refractivity contribution is 0.102. The van der Waals surface area contributed by atoms with Crippen LogP contribution in [0.25, 0.3) is 0 Å². The molecule has 0 aliphatic carbocycles. The molecule has 0 bridgehead atoms. The zero-order valence-electron chi connectivity index (χ0n) is 10.7. The summed E-state index contributed by atoms with van der Waals surface area (Å²) >= 11 is 21.4. The number of halogens is 4. The Morgan fingerprint density at radius 3 is 2.33 bits per heavy atom. The number of nitrogens with zero attached hydrogens (tertiary/aromatic N) is 1. The summed E-state index contributed by atoms with van der Waals surface area (Å²) in [5, 5.41) is 6.30. The molecule has 0 unspecified atom stereocenters. The second-order valence-corrected chi connectivity index (χ2v) is 6.11. The van der Waals surface area contributed by atoms with Crippen LogP contribution in [0.1, 0.15) is 10.5 Å². The van der Waals surface area contributed by atoms with E-state index in [-0.39, 0.29) is 10.7 Å². The van der Waals surface area contributed by atoms with Crippen LogP contribution in [0.5, 0.6) is 0 Å². The first-order valence-electron chi connectivity index (χ1n) is 5.72. The Morgan fingerprint density at radius 1 is 1.14 bits per heavy atom. The first-order chi connectivity index (χ1) is 9.92. The number of carbonyl (C=O) groups excluding carboxylic acids is 1. The molecular formula is C13H9BrCl3N3O. The van der Waals surface area contributed by atoms with E-state index in [1.54, 1.807) is 31.3 Å². The molecule has 2 rings (SSSR count). The van der Waals surface area contributed by atoms with Crippen molar-refractivity contribution in [3.8, 4) is 0 Å². The number of anilines is 2. The summed E-state index contributed by atoms with van der Waals surface area (Å²) in [5.74, 6) is 0.0285. The highest BCUT2D eigenvalue weighted by Gasteiger charge is 2.17. The minimum Gasteiger partial charge on any atom is -0.373 e. The van der Waals surface area contributed by atoms with E-state index < -0.39 is 5.91 Å². The summed E-state index contributed by atoms with van der Waals surface area (Å²) in [6, 6.07) is 6.50. The molecule has 1 aromatic heterocycles. The first-order valence-corrected chi connectivity index (χ1v) is 7.65. The van der Waals surface area contributed by atoms with E-state index in [0.29, 0.717) is 26.0 Å². The lowest BCUT2D eigenvalue weighted by Gasteiger charge is -2.11. The quantitative estimate of drug-likeness (QED) is 0.742. The third kappa shape index (κ3) is 3.80. The molecule has 21 heavy (non-hydrogen) atoms. The summed E-state index contributed by atoms with van der Waals surface area (Å²) in [4.78, 5) is 16.4. The van der Waals surface area contributed by atoms with Gasteiger partial charge in [-0.15, -0.1) is 0 Å². The Labute approximate surface area is 144 Å². The van der Waals surface area contributed by atoms with Crippen LogP contribution >= 0.6 is 50.7 Å². The SMILES string of the molecule is CNc1ccc(Cl)c(C(=O)Nc2c(Cl)cc(Br)cc2Cl)n1. The van der Waals surface area contributed by atoms with Gasteiger partial charge >= 0.3 is 0 Å². The molecule has 0 radical (unpaired) electrons. The van der Waals surface area contributed by atoms with Gasteiger partial charge in [0.2, 0.25) is 0 Å². The van der Waals surface area contributed by atoms with Crippen LogP contribution in [-0.4, -0.2) is 17.9 Å². The van der Waals surface area contributed by atoms with Gasteiger partial charge in [-0.05, 0) is 24.3 Å². The van der Waals surface area contributed by atoms with Crippen LogP contribution in [0.15, 0.2) is 28.7 Å². The second-order valence-electron chi connectivity index (χ2n) is 3.98. The average molecular weight is 409 g/mol. The molecule has 110 valence electrons. The monoisotopic (exact) mass is 407 g/mol. The molecule has 1 aromatic carbocycles. The van der Waals surface area contributed by atoms with Gasteiger partial charge in [0.15, 0.2) is 0 Å². The molecule has 0 spiro atoms. The fourth-order valence-corrected chi connectivity index (χ4v) is 3.07. The number of nitrogens with one attached hydrogen (secondary N) is 2. The Bertz CT molecular complexity index is 686. The van der Waals surface area contributed by atoms with Gasteiger partial charge in [0.05, 0.1) is 20.8 Å². The van der Waals surface area contributed by atoms with Crippen molar-refractivity contribution in [2.75, 3.05) is 17.7 Å². The number of amides is 1. The van der Waals surface area contributed by atoms with Crippen molar-refractivity contribution in [1.82, 2.24) is 4.98 Å². The molecule has 0 saturated carbocycles. The number of carbonyl (C=O) groups is 1. The summed E-state index contributed by atoms with van der Waals surface area (Å²) in [6.07, 6.45) is 0. The van der Waals surface area contributed by atoms with Gasteiger partial charge in [-0.2, -0.15) is 0 Å². The normalized spacial score (nSPS) is 10.3. The third-order valence-corrected chi connectivity index (χ3v) is 3.92. The number of hydrogen-bond donors (Lipinski definition) is 2. The highest BCUT2D eigenvalue weighted by Crippen LogP contribution is 2.34. The van der Waals surface area contributed by atoms with Crippen molar-refractivity contribution in [2.45, 2.75) is 0 Å². The summed E-state index contributed by atoms with van der Waals surface area (Å²) in [5.41, 5.74) is 0.387. The van der Waals surface area contributed by atoms with E-state index in [1.165, 1.54) is 0 Å². The van der Waals surface area contributed by atoms with Gasteiger partial charge in [0.25, 0.3) is 5.91 Å². The maximum absolute atomic E-state index is 12.3. The number of aromatic nitrogens is 1. The molecule has 1 heterocycles. The molecule has 0 aliphatic rings. The summed E-state index contributed by atoms with van der Waals surface area (Å²) in [7, 11) is 1.69. The number of rotatable bonds is 3. The van der Waals surface area contributed by atoms with E-state index in [4.69, 9.17) is 34.8 Å². The van der Waals surface area contributed by atoms with Crippen LogP contribution in [0, 0.1) is 0 Å².